The van der Waals surface area contributed by atoms with Gasteiger partial charge in [0, 0.05) is 39.9 Å². The third-order valence-electron chi connectivity index (χ3n) is 5.40. The molecule has 1 amide bonds. The molecule has 0 aliphatic rings. The number of aryl methyl sites for hydroxylation is 1. The molecule has 0 saturated carbocycles. The number of methoxy groups -OCH3 is 1. The Bertz CT molecular complexity index is 1380. The average molecular weight is 482 g/mol. The van der Waals surface area contributed by atoms with Crippen molar-refractivity contribution in [3.63, 3.8) is 0 Å². The summed E-state index contributed by atoms with van der Waals surface area (Å²) in [6.07, 6.45) is 0. The maximum Gasteiger partial charge on any atom is 0.296 e. The first-order valence-corrected chi connectivity index (χ1v) is 10.9. The van der Waals surface area contributed by atoms with Gasteiger partial charge in [-0.2, -0.15) is 0 Å². The van der Waals surface area contributed by atoms with Crippen LogP contribution in [0.2, 0.25) is 10.2 Å². The number of Topliss-reactive ketones (excluding diaryl/α,β-unsaturated/α-hetero) is 1. The van der Waals surface area contributed by atoms with E-state index in [-0.39, 0.29) is 11.0 Å². The first kappa shape index (κ1) is 22.8. The van der Waals surface area contributed by atoms with Gasteiger partial charge >= 0.3 is 0 Å². The second-order valence-corrected chi connectivity index (χ2v) is 8.52. The quantitative estimate of drug-likeness (QED) is 0.213. The average Bonchev–Trinajstić information content (AvgIpc) is 3.04. The summed E-state index contributed by atoms with van der Waals surface area (Å²) in [4.78, 5) is 30.2. The van der Waals surface area contributed by atoms with Gasteiger partial charge in [0.05, 0.1) is 12.7 Å². The number of anilines is 1. The molecule has 0 saturated heterocycles. The topological polar surface area (TPSA) is 73.2 Å². The zero-order chi connectivity index (χ0) is 23.7. The van der Waals surface area contributed by atoms with Crippen LogP contribution in [0.1, 0.15) is 27.2 Å². The Morgan fingerprint density at radius 3 is 2.45 bits per heavy atom. The molecule has 8 heteroatoms. The molecule has 33 heavy (non-hydrogen) atoms. The molecule has 0 radical (unpaired) electrons. The van der Waals surface area contributed by atoms with Crippen LogP contribution in [0.25, 0.3) is 10.9 Å². The van der Waals surface area contributed by atoms with Crippen molar-refractivity contribution in [2.75, 3.05) is 12.4 Å². The lowest BCUT2D eigenvalue weighted by Gasteiger charge is -2.10. The van der Waals surface area contributed by atoms with Gasteiger partial charge in [0.2, 0.25) is 5.88 Å². The summed E-state index contributed by atoms with van der Waals surface area (Å²) < 4.78 is 7.11. The molecule has 0 unspecified atom stereocenters. The van der Waals surface area contributed by atoms with Crippen LogP contribution in [-0.4, -0.2) is 28.4 Å². The standard InChI is InChI=1S/C25H21Cl2N3O3/c1-14-4-9-20-19(10-14)23(15(2)30(20)13-16-5-7-17(26)8-6-16)24(31)25(32)28-18-11-21(27)29-22(12-18)33-3/h4-12H,13H2,1-3H3,(H,28,29,32). The molecule has 6 nitrogen and oxygen atoms in total. The molecule has 2 aromatic heterocycles. The van der Waals surface area contributed by atoms with Crippen molar-refractivity contribution in [1.82, 2.24) is 9.55 Å². The van der Waals surface area contributed by atoms with Gasteiger partial charge in [-0.25, -0.2) is 4.98 Å². The van der Waals surface area contributed by atoms with Crippen LogP contribution in [0.3, 0.4) is 0 Å². The molecule has 2 heterocycles. The van der Waals surface area contributed by atoms with E-state index in [0.29, 0.717) is 28.5 Å². The summed E-state index contributed by atoms with van der Waals surface area (Å²) in [7, 11) is 1.44. The van der Waals surface area contributed by atoms with E-state index in [9.17, 15) is 9.59 Å². The van der Waals surface area contributed by atoms with E-state index in [4.69, 9.17) is 27.9 Å². The Morgan fingerprint density at radius 2 is 1.76 bits per heavy atom. The molecule has 0 bridgehead atoms. The molecule has 0 spiro atoms. The Kier molecular flexibility index (Phi) is 6.40. The number of ketones is 1. The Balaban J connectivity index is 1.73. The van der Waals surface area contributed by atoms with E-state index in [0.717, 1.165) is 22.0 Å². The molecule has 0 aliphatic heterocycles. The van der Waals surface area contributed by atoms with E-state index in [1.54, 1.807) is 0 Å². The largest absolute Gasteiger partial charge is 0.481 e. The summed E-state index contributed by atoms with van der Waals surface area (Å²) in [6, 6.07) is 16.4. The van der Waals surface area contributed by atoms with Gasteiger partial charge < -0.3 is 14.6 Å². The second-order valence-electron chi connectivity index (χ2n) is 7.70. The smallest absolute Gasteiger partial charge is 0.296 e. The molecule has 0 aliphatic carbocycles. The van der Waals surface area contributed by atoms with Crippen LogP contribution < -0.4 is 10.1 Å². The fraction of sp³-hybridized carbons (Fsp3) is 0.160. The van der Waals surface area contributed by atoms with Gasteiger partial charge in [0.25, 0.3) is 11.7 Å². The monoisotopic (exact) mass is 481 g/mol. The molecule has 2 aromatic carbocycles. The summed E-state index contributed by atoms with van der Waals surface area (Å²) in [5.74, 6) is -1.17. The number of carbonyl (C=O) groups is 2. The third-order valence-corrected chi connectivity index (χ3v) is 5.85. The lowest BCUT2D eigenvalue weighted by atomic mass is 10.0. The zero-order valence-corrected chi connectivity index (χ0v) is 19.8. The number of amides is 1. The predicted octanol–water partition coefficient (Wildman–Crippen LogP) is 5.84. The van der Waals surface area contributed by atoms with Crippen LogP contribution in [-0.2, 0) is 11.3 Å². The summed E-state index contributed by atoms with van der Waals surface area (Å²) in [6.45, 7) is 4.33. The van der Waals surface area contributed by atoms with Gasteiger partial charge in [-0.15, -0.1) is 0 Å². The van der Waals surface area contributed by atoms with Crippen molar-refractivity contribution in [2.24, 2.45) is 0 Å². The number of halogens is 2. The predicted molar refractivity (Wildman–Crippen MR) is 131 cm³/mol. The van der Waals surface area contributed by atoms with Crippen LogP contribution in [0.15, 0.2) is 54.6 Å². The highest BCUT2D eigenvalue weighted by Crippen LogP contribution is 2.29. The fourth-order valence-electron chi connectivity index (χ4n) is 3.81. The first-order chi connectivity index (χ1) is 15.8. The minimum Gasteiger partial charge on any atom is -0.481 e. The number of rotatable bonds is 6. The van der Waals surface area contributed by atoms with E-state index in [1.165, 1.54) is 19.2 Å². The van der Waals surface area contributed by atoms with Crippen molar-refractivity contribution >= 4 is 51.5 Å². The van der Waals surface area contributed by atoms with Gasteiger partial charge in [-0.05, 0) is 49.7 Å². The summed E-state index contributed by atoms with van der Waals surface area (Å²) in [5.41, 5.74) is 4.29. The van der Waals surface area contributed by atoms with Gasteiger partial charge in [0.15, 0.2) is 0 Å². The van der Waals surface area contributed by atoms with Crippen molar-refractivity contribution in [3.05, 3.63) is 87.2 Å². The molecule has 0 atom stereocenters. The number of aromatic nitrogens is 2. The number of hydrogen-bond donors (Lipinski definition) is 1. The van der Waals surface area contributed by atoms with E-state index in [2.05, 4.69) is 10.3 Å². The Hall–Kier alpha value is -3.35. The normalized spacial score (nSPS) is 10.9. The van der Waals surface area contributed by atoms with Crippen molar-refractivity contribution < 1.29 is 14.3 Å². The lowest BCUT2D eigenvalue weighted by molar-refractivity contribution is -0.112. The number of hydrogen-bond acceptors (Lipinski definition) is 4. The van der Waals surface area contributed by atoms with Crippen LogP contribution in [0.5, 0.6) is 5.88 Å². The number of fused-ring (bicyclic) bond motifs is 1. The number of ether oxygens (including phenoxy) is 1. The van der Waals surface area contributed by atoms with Crippen molar-refractivity contribution in [2.45, 2.75) is 20.4 Å². The lowest BCUT2D eigenvalue weighted by Crippen LogP contribution is -2.23. The fourth-order valence-corrected chi connectivity index (χ4v) is 4.14. The van der Waals surface area contributed by atoms with E-state index >= 15 is 0 Å². The van der Waals surface area contributed by atoms with Crippen LogP contribution in [0, 0.1) is 13.8 Å². The zero-order valence-electron chi connectivity index (χ0n) is 18.3. The maximum atomic E-state index is 13.3. The molecule has 168 valence electrons. The third kappa shape index (κ3) is 4.72. The van der Waals surface area contributed by atoms with Crippen LogP contribution >= 0.6 is 23.2 Å². The van der Waals surface area contributed by atoms with Gasteiger partial charge in [-0.3, -0.25) is 9.59 Å². The van der Waals surface area contributed by atoms with Crippen LogP contribution in [0.4, 0.5) is 5.69 Å². The van der Waals surface area contributed by atoms with Crippen molar-refractivity contribution in [3.8, 4) is 5.88 Å². The SMILES string of the molecule is COc1cc(NC(=O)C(=O)c2c(C)n(Cc3ccc(Cl)cc3)c3ccc(C)cc23)cc(Cl)n1. The maximum absolute atomic E-state index is 13.3. The van der Waals surface area contributed by atoms with Gasteiger partial charge in [-0.1, -0.05) is 47.0 Å². The summed E-state index contributed by atoms with van der Waals surface area (Å²) in [5, 5.41) is 4.14. The van der Waals surface area contributed by atoms with E-state index < -0.39 is 11.7 Å². The molecule has 4 rings (SSSR count). The molecule has 4 aromatic rings. The number of nitrogens with one attached hydrogen (secondary N) is 1. The first-order valence-electron chi connectivity index (χ1n) is 10.2. The Labute approximate surface area is 201 Å². The number of pyridine rings is 1. The number of nitrogens with zero attached hydrogens (tertiary/aromatic N) is 2. The summed E-state index contributed by atoms with van der Waals surface area (Å²) >= 11 is 12.0. The highest BCUT2D eigenvalue weighted by Gasteiger charge is 2.25. The number of benzene rings is 2. The molecular formula is C25H21Cl2N3O3. The van der Waals surface area contributed by atoms with Crippen molar-refractivity contribution in [1.29, 1.82) is 0 Å². The Morgan fingerprint density at radius 1 is 1.03 bits per heavy atom. The van der Waals surface area contributed by atoms with E-state index in [1.807, 2.05) is 60.9 Å². The number of carbonyl (C=O) groups excluding carboxylic acids is 2. The molecule has 0 fully saturated rings. The minimum atomic E-state index is -0.769. The molecular weight excluding hydrogens is 461 g/mol. The highest BCUT2D eigenvalue weighted by molar-refractivity contribution is 6.48. The minimum absolute atomic E-state index is 0.142. The highest BCUT2D eigenvalue weighted by atomic mass is 35.5. The molecule has 1 N–H and O–H groups in total. The second kappa shape index (κ2) is 9.25. The van der Waals surface area contributed by atoms with Gasteiger partial charge in [0.1, 0.15) is 5.15 Å².